The van der Waals surface area contributed by atoms with Gasteiger partial charge < -0.3 is 18.1 Å². The maximum atomic E-state index is 6.63. The van der Waals surface area contributed by atoms with Crippen LogP contribution in [-0.4, -0.2) is 38.3 Å². The molecule has 0 radical (unpaired) electrons. The van der Waals surface area contributed by atoms with Crippen molar-refractivity contribution in [3.05, 3.63) is 246 Å². The highest BCUT2D eigenvalue weighted by molar-refractivity contribution is 6.65. The number of hydrogen-bond acceptors (Lipinski definition) is 8. The van der Waals surface area contributed by atoms with Crippen LogP contribution < -0.4 is 5.46 Å². The van der Waals surface area contributed by atoms with Crippen molar-refractivity contribution in [2.45, 2.75) is 77.4 Å². The molecule has 86 heavy (non-hydrogen) atoms. The third kappa shape index (κ3) is 8.58. The lowest BCUT2D eigenvalue weighted by atomic mass is 9.78. The van der Waals surface area contributed by atoms with Gasteiger partial charge in [-0.2, -0.15) is 0 Å². The molecular formula is C76H60BClN4O4. The van der Waals surface area contributed by atoms with Crippen molar-refractivity contribution >= 4 is 89.9 Å². The lowest BCUT2D eigenvalue weighted by molar-refractivity contribution is 0.00578. The van der Waals surface area contributed by atoms with Crippen molar-refractivity contribution in [1.29, 1.82) is 0 Å². The van der Waals surface area contributed by atoms with Gasteiger partial charge in [0.15, 0.2) is 5.82 Å². The van der Waals surface area contributed by atoms with Crippen molar-refractivity contribution in [2.24, 2.45) is 0 Å². The number of fused-ring (bicyclic) bond motifs is 14. The summed E-state index contributed by atoms with van der Waals surface area (Å²) in [5.74, 6) is 0.672. The van der Waals surface area contributed by atoms with E-state index in [1.165, 1.54) is 44.5 Å². The molecule has 0 unspecified atom stereocenters. The monoisotopic (exact) mass is 1140 g/mol. The van der Waals surface area contributed by atoms with Crippen LogP contribution in [0.5, 0.6) is 0 Å². The zero-order valence-electron chi connectivity index (χ0n) is 49.2. The van der Waals surface area contributed by atoms with Crippen LogP contribution in [0.25, 0.3) is 122 Å². The molecular weight excluding hydrogens is 1080 g/mol. The summed E-state index contributed by atoms with van der Waals surface area (Å²) >= 11 is 5.95. The Bertz CT molecular complexity index is 5030. The first kappa shape index (κ1) is 53.5. The second-order valence-electron chi connectivity index (χ2n) is 24.8. The fourth-order valence-corrected chi connectivity index (χ4v) is 13.4. The SMILES string of the molecule is CC1(C)c2ccccc2-c2cc3c(cc21)oc1c(-c2nc(-c4ccccc4)c4ccccc4n2)cccc13.CC1(C)c2ccccc2-c2cc3c(cc21)oc1c(B2OC(C)(C)C(C)(C)O2)cccc13.Clc1nc(-c2ccccc2)c2ccccc2n1. The summed E-state index contributed by atoms with van der Waals surface area (Å²) in [4.78, 5) is 18.6. The van der Waals surface area contributed by atoms with Crippen LogP contribution in [0.1, 0.15) is 77.6 Å². The minimum Gasteiger partial charge on any atom is -0.456 e. The van der Waals surface area contributed by atoms with E-state index in [2.05, 4.69) is 199 Å². The Balaban J connectivity index is 0.000000117. The van der Waals surface area contributed by atoms with Crippen LogP contribution in [0.4, 0.5) is 0 Å². The number of furan rings is 2. The van der Waals surface area contributed by atoms with E-state index in [4.69, 9.17) is 39.7 Å². The van der Waals surface area contributed by atoms with E-state index in [-0.39, 0.29) is 27.3 Å². The van der Waals surface area contributed by atoms with E-state index in [1.807, 2.05) is 84.9 Å². The summed E-state index contributed by atoms with van der Waals surface area (Å²) in [6.07, 6.45) is 0. The summed E-state index contributed by atoms with van der Waals surface area (Å²) in [5.41, 5.74) is 20.7. The van der Waals surface area contributed by atoms with E-state index in [0.717, 1.165) is 99.2 Å². The van der Waals surface area contributed by atoms with Gasteiger partial charge in [0.1, 0.15) is 22.3 Å². The molecule has 8 nitrogen and oxygen atoms in total. The van der Waals surface area contributed by atoms with Gasteiger partial charge in [-0.3, -0.25) is 0 Å². The molecule has 0 amide bonds. The van der Waals surface area contributed by atoms with Crippen LogP contribution in [0.15, 0.2) is 227 Å². The van der Waals surface area contributed by atoms with Gasteiger partial charge in [-0.05, 0) is 126 Å². The summed E-state index contributed by atoms with van der Waals surface area (Å²) in [6, 6.07) is 75.5. The quantitative estimate of drug-likeness (QED) is 0.127. The molecule has 1 aliphatic heterocycles. The molecule has 418 valence electrons. The average molecular weight is 1140 g/mol. The Hall–Kier alpha value is -9.25. The minimum absolute atomic E-state index is 0.0480. The fourth-order valence-electron chi connectivity index (χ4n) is 13.2. The van der Waals surface area contributed by atoms with Gasteiger partial charge in [0.25, 0.3) is 0 Å². The molecule has 1 saturated heterocycles. The molecule has 0 atom stereocenters. The number of rotatable bonds is 4. The Kier molecular flexibility index (Phi) is 12.4. The predicted molar refractivity (Wildman–Crippen MR) is 352 cm³/mol. The molecule has 10 aromatic carbocycles. The molecule has 0 bridgehead atoms. The van der Waals surface area contributed by atoms with Gasteiger partial charge in [0.05, 0.1) is 39.2 Å². The van der Waals surface area contributed by atoms with Crippen molar-refractivity contribution in [3.63, 3.8) is 0 Å². The van der Waals surface area contributed by atoms with Crippen LogP contribution in [0, 0.1) is 0 Å². The predicted octanol–water partition coefficient (Wildman–Crippen LogP) is 19.3. The third-order valence-electron chi connectivity index (χ3n) is 18.5. The highest BCUT2D eigenvalue weighted by Crippen LogP contribution is 2.53. The smallest absolute Gasteiger partial charge is 0.456 e. The molecule has 0 spiro atoms. The second-order valence-corrected chi connectivity index (χ2v) is 25.2. The van der Waals surface area contributed by atoms with Gasteiger partial charge in [-0.25, -0.2) is 19.9 Å². The first-order valence-electron chi connectivity index (χ1n) is 29.4. The number of nitrogens with zero attached hydrogens (tertiary/aromatic N) is 4. The summed E-state index contributed by atoms with van der Waals surface area (Å²) < 4.78 is 25.8. The highest BCUT2D eigenvalue weighted by atomic mass is 35.5. The molecule has 14 aromatic rings. The first-order chi connectivity index (χ1) is 41.5. The van der Waals surface area contributed by atoms with E-state index >= 15 is 0 Å². The largest absolute Gasteiger partial charge is 0.498 e. The molecule has 5 heterocycles. The number of aromatic nitrogens is 4. The van der Waals surface area contributed by atoms with Crippen molar-refractivity contribution in [2.75, 3.05) is 0 Å². The Labute approximate surface area is 504 Å². The average Bonchev–Trinajstić information content (AvgIpc) is 1.68. The molecule has 3 aliphatic rings. The van der Waals surface area contributed by atoms with Gasteiger partial charge >= 0.3 is 7.12 Å². The molecule has 0 saturated carbocycles. The van der Waals surface area contributed by atoms with Crippen LogP contribution in [0.2, 0.25) is 5.28 Å². The zero-order chi connectivity index (χ0) is 58.9. The number of para-hydroxylation sites is 4. The minimum atomic E-state index is -0.446. The Morgan fingerprint density at radius 3 is 1.34 bits per heavy atom. The van der Waals surface area contributed by atoms with E-state index in [1.54, 1.807) is 0 Å². The number of benzene rings is 10. The zero-order valence-corrected chi connectivity index (χ0v) is 49.9. The summed E-state index contributed by atoms with van der Waals surface area (Å²) in [5, 5.41) is 6.78. The molecule has 2 aliphatic carbocycles. The van der Waals surface area contributed by atoms with E-state index in [9.17, 15) is 0 Å². The Morgan fingerprint density at radius 1 is 0.349 bits per heavy atom. The molecule has 4 aromatic heterocycles. The molecule has 10 heteroatoms. The second kappa shape index (κ2) is 19.9. The van der Waals surface area contributed by atoms with Crippen molar-refractivity contribution in [1.82, 2.24) is 19.9 Å². The highest BCUT2D eigenvalue weighted by Gasteiger charge is 2.52. The lowest BCUT2D eigenvalue weighted by Gasteiger charge is -2.32. The summed E-state index contributed by atoms with van der Waals surface area (Å²) in [7, 11) is -0.446. The van der Waals surface area contributed by atoms with Crippen molar-refractivity contribution in [3.8, 4) is 56.2 Å². The Morgan fingerprint density at radius 2 is 0.779 bits per heavy atom. The fraction of sp³-hybridized carbons (Fsp3) is 0.158. The standard InChI is InChI=1S/C35H24N2O.C27H27BO3.C14H9ClN2/c1-35(2)28-17-8-6-13-22(28)26-19-27-23-15-10-16-25(33(23)38-31(27)20-29(26)35)34-36-30-18-9-7-14-24(30)32(37-34)21-11-4-3-5-12-21;1-25(2)20-12-8-7-10-16(20)18-14-19-17-11-9-13-22(24(17)29-23(19)15-21(18)25)28-30-26(3,4)27(5,6)31-28;15-14-16-12-9-5-4-8-11(12)13(17-14)10-6-2-1-3-7-10/h3-20H,1-2H3;7-15H,1-6H3;1-9H. The number of halogens is 1. The first-order valence-corrected chi connectivity index (χ1v) is 29.8. The van der Waals surface area contributed by atoms with E-state index < -0.39 is 7.12 Å². The molecule has 17 rings (SSSR count). The van der Waals surface area contributed by atoms with Gasteiger partial charge in [0, 0.05) is 59.7 Å². The third-order valence-corrected chi connectivity index (χ3v) is 18.6. The topological polar surface area (TPSA) is 96.3 Å². The van der Waals surface area contributed by atoms with Gasteiger partial charge in [-0.15, -0.1) is 0 Å². The van der Waals surface area contributed by atoms with Crippen molar-refractivity contribution < 1.29 is 18.1 Å². The van der Waals surface area contributed by atoms with E-state index in [0.29, 0.717) is 5.82 Å². The van der Waals surface area contributed by atoms with Crippen LogP contribution in [-0.2, 0) is 20.1 Å². The van der Waals surface area contributed by atoms with Crippen LogP contribution in [0.3, 0.4) is 0 Å². The normalized spacial score (nSPS) is 15.5. The summed E-state index contributed by atoms with van der Waals surface area (Å²) in [6.45, 7) is 17.5. The van der Waals surface area contributed by atoms with Crippen LogP contribution >= 0.6 is 11.6 Å². The molecule has 0 N–H and O–H groups in total. The van der Waals surface area contributed by atoms with Gasteiger partial charge in [0.2, 0.25) is 5.28 Å². The maximum absolute atomic E-state index is 6.63. The molecule has 1 fully saturated rings. The lowest BCUT2D eigenvalue weighted by Crippen LogP contribution is -2.41. The maximum Gasteiger partial charge on any atom is 0.498 e. The van der Waals surface area contributed by atoms with Gasteiger partial charge in [-0.1, -0.05) is 204 Å². The number of hydrogen-bond donors (Lipinski definition) is 0.